The molecule has 2 fully saturated rings. The quantitative estimate of drug-likeness (QED) is 0.834. The molecule has 25 heavy (non-hydrogen) atoms. The fraction of sp³-hybridized carbons (Fsp3) is 0.500. The van der Waals surface area contributed by atoms with Crippen LogP contribution in [0.2, 0.25) is 0 Å². The molecule has 0 aliphatic carbocycles. The maximum Gasteiger partial charge on any atom is 0.490 e. The van der Waals surface area contributed by atoms with Gasteiger partial charge < -0.3 is 14.4 Å². The van der Waals surface area contributed by atoms with Gasteiger partial charge in [0.25, 0.3) is 0 Å². The first-order valence-corrected chi connectivity index (χ1v) is 7.71. The number of carbonyl (C=O) groups is 2. The normalized spacial score (nSPS) is 23.2. The van der Waals surface area contributed by atoms with Gasteiger partial charge in [-0.05, 0) is 18.6 Å². The van der Waals surface area contributed by atoms with Crippen molar-refractivity contribution >= 4 is 11.9 Å². The zero-order chi connectivity index (χ0) is 18.6. The van der Waals surface area contributed by atoms with E-state index in [2.05, 4.69) is 11.5 Å². The summed E-state index contributed by atoms with van der Waals surface area (Å²) in [5.74, 6) is -1.52. The highest BCUT2D eigenvalue weighted by Gasteiger charge is 2.46. The molecule has 1 aromatic heterocycles. The number of likely N-dealkylation sites (tertiary alicyclic amines) is 2. The van der Waals surface area contributed by atoms with Gasteiger partial charge in [0.15, 0.2) is 0 Å². The molecule has 1 aromatic rings. The van der Waals surface area contributed by atoms with Crippen LogP contribution in [0.25, 0.3) is 0 Å². The van der Waals surface area contributed by atoms with Gasteiger partial charge in [-0.3, -0.25) is 9.69 Å². The van der Waals surface area contributed by atoms with Gasteiger partial charge in [-0.2, -0.15) is 13.2 Å². The minimum atomic E-state index is -5.08. The first-order chi connectivity index (χ1) is 11.7. The molecule has 1 N–H and O–H groups in total. The Hall–Kier alpha value is -2.29. The lowest BCUT2D eigenvalue weighted by atomic mass is 10.1. The number of furan rings is 1. The maximum atomic E-state index is 12.0. The van der Waals surface area contributed by atoms with Gasteiger partial charge in [0, 0.05) is 31.6 Å². The van der Waals surface area contributed by atoms with Crippen LogP contribution in [-0.2, 0) is 16.1 Å². The zero-order valence-corrected chi connectivity index (χ0v) is 13.4. The number of fused-ring (bicyclic) bond motifs is 1. The summed E-state index contributed by atoms with van der Waals surface area (Å²) < 4.78 is 37.1. The van der Waals surface area contributed by atoms with E-state index < -0.39 is 12.1 Å². The number of carboxylic acid groups (broad SMARTS) is 1. The minimum absolute atomic E-state index is 0.258. The maximum absolute atomic E-state index is 12.0. The second kappa shape index (κ2) is 7.73. The number of aliphatic carboxylic acids is 1. The van der Waals surface area contributed by atoms with Gasteiger partial charge >= 0.3 is 12.1 Å². The molecule has 1 amide bonds. The summed E-state index contributed by atoms with van der Waals surface area (Å²) in [7, 11) is 0. The third-order valence-corrected chi connectivity index (χ3v) is 4.24. The lowest BCUT2D eigenvalue weighted by Gasteiger charge is -2.24. The molecule has 3 rings (SSSR count). The summed E-state index contributed by atoms with van der Waals surface area (Å²) in [5, 5.41) is 7.12. The molecule has 2 saturated heterocycles. The van der Waals surface area contributed by atoms with Gasteiger partial charge in [0.1, 0.15) is 5.76 Å². The van der Waals surface area contributed by atoms with Gasteiger partial charge in [-0.1, -0.05) is 6.08 Å². The van der Waals surface area contributed by atoms with Crippen LogP contribution in [0.15, 0.2) is 35.5 Å². The molecular weight excluding hydrogens is 341 g/mol. The van der Waals surface area contributed by atoms with Crippen molar-refractivity contribution in [1.29, 1.82) is 0 Å². The predicted molar refractivity (Wildman–Crippen MR) is 81.5 cm³/mol. The lowest BCUT2D eigenvalue weighted by molar-refractivity contribution is -0.192. The highest BCUT2D eigenvalue weighted by atomic mass is 19.4. The summed E-state index contributed by atoms with van der Waals surface area (Å²) in [6, 6.07) is 4.62. The van der Waals surface area contributed by atoms with Gasteiger partial charge in [-0.25, -0.2) is 4.79 Å². The summed E-state index contributed by atoms with van der Waals surface area (Å²) in [6.45, 7) is 6.25. The van der Waals surface area contributed by atoms with Gasteiger partial charge in [0.2, 0.25) is 5.91 Å². The van der Waals surface area contributed by atoms with E-state index in [0.717, 1.165) is 25.3 Å². The minimum Gasteiger partial charge on any atom is -0.475 e. The largest absolute Gasteiger partial charge is 0.490 e. The van der Waals surface area contributed by atoms with E-state index in [1.807, 2.05) is 23.1 Å². The molecule has 138 valence electrons. The first kappa shape index (κ1) is 19.0. The highest BCUT2D eigenvalue weighted by Crippen LogP contribution is 2.33. The fourth-order valence-electron chi connectivity index (χ4n) is 3.18. The Labute approximate surface area is 142 Å². The monoisotopic (exact) mass is 360 g/mol. The molecular formula is C16H19F3N2O4. The van der Waals surface area contributed by atoms with Crippen molar-refractivity contribution in [3.63, 3.8) is 0 Å². The van der Waals surface area contributed by atoms with Crippen LogP contribution >= 0.6 is 0 Å². The van der Waals surface area contributed by atoms with Crippen LogP contribution in [0.1, 0.15) is 18.6 Å². The van der Waals surface area contributed by atoms with Crippen molar-refractivity contribution < 1.29 is 32.3 Å². The Morgan fingerprint density at radius 3 is 2.64 bits per heavy atom. The molecule has 0 unspecified atom stereocenters. The standard InChI is InChI=1S/C14H18N2O2.C2HF3O2/c1-2-6-16-12-5-7-15(13(12)9-14(16)17)10-11-4-3-8-18-11;3-2(4,5)1(6)7/h2-4,8,12-13H,1,5-7,9-10H2;(H,6,7)/t12-,13-;/m0./s1. The van der Waals surface area contributed by atoms with Crippen LogP contribution in [0.4, 0.5) is 13.2 Å². The summed E-state index contributed by atoms with van der Waals surface area (Å²) in [6.07, 6.45) is 0.131. The van der Waals surface area contributed by atoms with E-state index in [1.165, 1.54) is 0 Å². The number of rotatable bonds is 4. The molecule has 0 saturated carbocycles. The smallest absolute Gasteiger partial charge is 0.475 e. The number of halogens is 3. The molecule has 0 spiro atoms. The molecule has 6 nitrogen and oxygen atoms in total. The second-order valence-electron chi connectivity index (χ2n) is 5.82. The number of hydrogen-bond acceptors (Lipinski definition) is 4. The van der Waals surface area contributed by atoms with Crippen molar-refractivity contribution in [2.24, 2.45) is 0 Å². The Kier molecular flexibility index (Phi) is 5.89. The van der Waals surface area contributed by atoms with Gasteiger partial charge in [-0.15, -0.1) is 6.58 Å². The van der Waals surface area contributed by atoms with E-state index in [0.29, 0.717) is 25.0 Å². The van der Waals surface area contributed by atoms with Crippen molar-refractivity contribution in [2.75, 3.05) is 13.1 Å². The Morgan fingerprint density at radius 2 is 2.12 bits per heavy atom. The number of amides is 1. The van der Waals surface area contributed by atoms with E-state index in [9.17, 15) is 18.0 Å². The number of carboxylic acids is 1. The summed E-state index contributed by atoms with van der Waals surface area (Å²) >= 11 is 0. The lowest BCUT2D eigenvalue weighted by Crippen LogP contribution is -2.37. The molecule has 0 bridgehead atoms. The fourth-order valence-corrected chi connectivity index (χ4v) is 3.18. The third kappa shape index (κ3) is 4.62. The van der Waals surface area contributed by atoms with E-state index in [-0.39, 0.29) is 5.91 Å². The van der Waals surface area contributed by atoms with E-state index >= 15 is 0 Å². The van der Waals surface area contributed by atoms with Crippen LogP contribution in [-0.4, -0.2) is 58.1 Å². The molecule has 0 radical (unpaired) electrons. The van der Waals surface area contributed by atoms with Crippen molar-refractivity contribution in [3.05, 3.63) is 36.8 Å². The Balaban J connectivity index is 0.000000277. The summed E-state index contributed by atoms with van der Waals surface area (Å²) in [4.78, 5) is 25.2. The SMILES string of the molecule is C=CCN1C(=O)C[C@H]2[C@@H]1CCN2Cc1ccco1.O=C(O)C(F)(F)F. The molecule has 0 aromatic carbocycles. The van der Waals surface area contributed by atoms with E-state index in [4.69, 9.17) is 14.3 Å². The number of hydrogen-bond donors (Lipinski definition) is 1. The number of carbonyl (C=O) groups excluding carboxylic acids is 1. The van der Waals surface area contributed by atoms with Crippen LogP contribution in [0.3, 0.4) is 0 Å². The molecule has 2 aliphatic heterocycles. The number of nitrogens with zero attached hydrogens (tertiary/aromatic N) is 2. The average Bonchev–Trinajstić information content (AvgIpc) is 3.21. The van der Waals surface area contributed by atoms with Crippen molar-refractivity contribution in [2.45, 2.75) is 37.6 Å². The second-order valence-corrected chi connectivity index (χ2v) is 5.82. The molecule has 9 heteroatoms. The van der Waals surface area contributed by atoms with Crippen molar-refractivity contribution in [1.82, 2.24) is 9.80 Å². The van der Waals surface area contributed by atoms with Gasteiger partial charge in [0.05, 0.1) is 12.8 Å². The average molecular weight is 360 g/mol. The highest BCUT2D eigenvalue weighted by molar-refractivity contribution is 5.80. The Morgan fingerprint density at radius 1 is 1.44 bits per heavy atom. The molecule has 2 aliphatic rings. The van der Waals surface area contributed by atoms with E-state index in [1.54, 1.807) is 6.26 Å². The van der Waals surface area contributed by atoms with Crippen molar-refractivity contribution in [3.8, 4) is 0 Å². The van der Waals surface area contributed by atoms with Crippen LogP contribution < -0.4 is 0 Å². The zero-order valence-electron chi connectivity index (χ0n) is 13.4. The summed E-state index contributed by atoms with van der Waals surface area (Å²) in [5.41, 5.74) is 0. The first-order valence-electron chi connectivity index (χ1n) is 7.71. The topological polar surface area (TPSA) is 74.0 Å². The van der Waals surface area contributed by atoms with Crippen LogP contribution in [0, 0.1) is 0 Å². The number of alkyl halides is 3. The third-order valence-electron chi connectivity index (χ3n) is 4.24. The predicted octanol–water partition coefficient (Wildman–Crippen LogP) is 2.27. The van der Waals surface area contributed by atoms with Crippen LogP contribution in [0.5, 0.6) is 0 Å². The molecule has 2 atom stereocenters. The Bertz CT molecular complexity index is 615. The molecule has 3 heterocycles.